The Kier molecular flexibility index (Phi) is 8.21. The third-order valence-corrected chi connectivity index (χ3v) is 3.89. The molecule has 0 fully saturated rings. The van der Waals surface area contributed by atoms with Crippen LogP contribution in [0.4, 0.5) is 0 Å². The van der Waals surface area contributed by atoms with Gasteiger partial charge in [0.25, 0.3) is 0 Å². The van der Waals surface area contributed by atoms with Gasteiger partial charge in [0.1, 0.15) is 19.2 Å². The second-order valence-electron chi connectivity index (χ2n) is 4.61. The predicted octanol–water partition coefficient (Wildman–Crippen LogP) is 1.69. The van der Waals surface area contributed by atoms with Gasteiger partial charge >= 0.3 is 0 Å². The second kappa shape index (κ2) is 9.67. The Balaban J connectivity index is 2.89. The van der Waals surface area contributed by atoms with Crippen LogP contribution >= 0.6 is 15.9 Å². The number of hydrogen-bond donors (Lipinski definition) is 2. The molecule has 0 aromatic heterocycles. The number of benzene rings is 1. The summed E-state index contributed by atoms with van der Waals surface area (Å²) in [5.74, 6) is 3.78. The molecule has 0 saturated carbocycles. The molecule has 0 saturated heterocycles. The minimum absolute atomic E-state index is 0.176. The SMILES string of the molecule is C#CCOc1cc(Br)c(C[NH2+][C@@H](CC)CO)cc1OCC. The van der Waals surface area contributed by atoms with E-state index in [1.54, 1.807) is 0 Å². The maximum absolute atomic E-state index is 9.25. The van der Waals surface area contributed by atoms with Gasteiger partial charge in [-0.3, -0.25) is 0 Å². The molecule has 21 heavy (non-hydrogen) atoms. The fourth-order valence-electron chi connectivity index (χ4n) is 1.90. The third-order valence-electron chi connectivity index (χ3n) is 3.15. The first-order valence-electron chi connectivity index (χ1n) is 7.11. The van der Waals surface area contributed by atoms with Crippen LogP contribution < -0.4 is 14.8 Å². The molecular formula is C16H23BrNO3+. The predicted molar refractivity (Wildman–Crippen MR) is 86.4 cm³/mol. The normalized spacial score (nSPS) is 11.8. The summed E-state index contributed by atoms with van der Waals surface area (Å²) in [6, 6.07) is 4.05. The van der Waals surface area contributed by atoms with E-state index in [0.717, 1.165) is 23.0 Å². The highest BCUT2D eigenvalue weighted by molar-refractivity contribution is 9.10. The molecule has 1 atom stereocenters. The lowest BCUT2D eigenvalue weighted by Crippen LogP contribution is -2.89. The minimum Gasteiger partial charge on any atom is -0.490 e. The number of aliphatic hydroxyl groups is 1. The zero-order chi connectivity index (χ0) is 15.7. The molecule has 0 heterocycles. The Bertz CT molecular complexity index is 481. The molecule has 4 nitrogen and oxygen atoms in total. The number of terminal acetylenes is 1. The van der Waals surface area contributed by atoms with Gasteiger partial charge in [-0.15, -0.1) is 6.42 Å². The van der Waals surface area contributed by atoms with Crippen molar-refractivity contribution in [2.45, 2.75) is 32.9 Å². The van der Waals surface area contributed by atoms with Gasteiger partial charge in [-0.25, -0.2) is 0 Å². The molecule has 0 spiro atoms. The molecule has 3 N–H and O–H groups in total. The van der Waals surface area contributed by atoms with Gasteiger partial charge in [0.05, 0.1) is 13.2 Å². The van der Waals surface area contributed by atoms with Crippen LogP contribution in [0.15, 0.2) is 16.6 Å². The lowest BCUT2D eigenvalue weighted by atomic mass is 10.1. The maximum Gasteiger partial charge on any atom is 0.163 e. The molecule has 1 aromatic rings. The van der Waals surface area contributed by atoms with Crippen LogP contribution in [0.3, 0.4) is 0 Å². The molecule has 0 aliphatic rings. The Hall–Kier alpha value is -1.22. The van der Waals surface area contributed by atoms with Crippen molar-refractivity contribution < 1.29 is 19.9 Å². The Morgan fingerprint density at radius 1 is 1.33 bits per heavy atom. The Labute approximate surface area is 135 Å². The summed E-state index contributed by atoms with van der Waals surface area (Å²) in [5.41, 5.74) is 1.10. The average molecular weight is 357 g/mol. The highest BCUT2D eigenvalue weighted by Gasteiger charge is 2.14. The van der Waals surface area contributed by atoms with Crippen molar-refractivity contribution in [3.05, 3.63) is 22.2 Å². The minimum atomic E-state index is 0.176. The van der Waals surface area contributed by atoms with E-state index in [-0.39, 0.29) is 19.3 Å². The topological polar surface area (TPSA) is 55.3 Å². The lowest BCUT2D eigenvalue weighted by molar-refractivity contribution is -0.706. The van der Waals surface area contributed by atoms with Gasteiger partial charge < -0.3 is 19.9 Å². The maximum atomic E-state index is 9.25. The number of hydrogen-bond acceptors (Lipinski definition) is 3. The lowest BCUT2D eigenvalue weighted by Gasteiger charge is -2.15. The fourth-order valence-corrected chi connectivity index (χ4v) is 2.38. The van der Waals surface area contributed by atoms with E-state index in [1.165, 1.54) is 0 Å². The van der Waals surface area contributed by atoms with Crippen molar-refractivity contribution in [3.63, 3.8) is 0 Å². The largest absolute Gasteiger partial charge is 0.490 e. The van der Waals surface area contributed by atoms with Gasteiger partial charge in [-0.05, 0) is 25.5 Å². The molecule has 116 valence electrons. The second-order valence-corrected chi connectivity index (χ2v) is 5.46. The first-order valence-corrected chi connectivity index (χ1v) is 7.91. The van der Waals surface area contributed by atoms with Crippen LogP contribution in [-0.4, -0.2) is 31.0 Å². The van der Waals surface area contributed by atoms with E-state index < -0.39 is 0 Å². The molecular weight excluding hydrogens is 334 g/mol. The van der Waals surface area contributed by atoms with E-state index in [1.807, 2.05) is 19.1 Å². The molecule has 1 aromatic carbocycles. The van der Waals surface area contributed by atoms with Gasteiger partial charge in [-0.2, -0.15) is 0 Å². The summed E-state index contributed by atoms with van der Waals surface area (Å²) < 4.78 is 12.1. The van der Waals surface area contributed by atoms with Crippen molar-refractivity contribution in [2.75, 3.05) is 19.8 Å². The number of ether oxygens (including phenoxy) is 2. The van der Waals surface area contributed by atoms with Gasteiger partial charge in [-0.1, -0.05) is 28.8 Å². The fraction of sp³-hybridized carbons (Fsp3) is 0.500. The quantitative estimate of drug-likeness (QED) is 0.662. The first-order chi connectivity index (χ1) is 10.2. The van der Waals surface area contributed by atoms with Crippen molar-refractivity contribution in [1.82, 2.24) is 0 Å². The van der Waals surface area contributed by atoms with Crippen molar-refractivity contribution in [2.24, 2.45) is 0 Å². The van der Waals surface area contributed by atoms with Crippen LogP contribution in [0.2, 0.25) is 0 Å². The van der Waals surface area contributed by atoms with Crippen molar-refractivity contribution >= 4 is 15.9 Å². The third kappa shape index (κ3) is 5.58. The van der Waals surface area contributed by atoms with E-state index >= 15 is 0 Å². The van der Waals surface area contributed by atoms with Gasteiger partial charge in [0.2, 0.25) is 0 Å². The summed E-state index contributed by atoms with van der Waals surface area (Å²) in [6.07, 6.45) is 6.15. The smallest absolute Gasteiger partial charge is 0.163 e. The van der Waals surface area contributed by atoms with Crippen LogP contribution in [0, 0.1) is 12.3 Å². The highest BCUT2D eigenvalue weighted by atomic mass is 79.9. The van der Waals surface area contributed by atoms with Crippen molar-refractivity contribution in [3.8, 4) is 23.8 Å². The first kappa shape index (κ1) is 17.8. The van der Waals surface area contributed by atoms with Crippen LogP contribution in [0.1, 0.15) is 25.8 Å². The molecule has 0 aliphatic heterocycles. The van der Waals surface area contributed by atoms with E-state index in [2.05, 4.69) is 34.1 Å². The zero-order valence-corrected chi connectivity index (χ0v) is 14.1. The Morgan fingerprint density at radius 2 is 2.05 bits per heavy atom. The van der Waals surface area contributed by atoms with E-state index in [4.69, 9.17) is 15.9 Å². The molecule has 5 heteroatoms. The number of aliphatic hydroxyl groups excluding tert-OH is 1. The van der Waals surface area contributed by atoms with E-state index in [0.29, 0.717) is 18.1 Å². The monoisotopic (exact) mass is 356 g/mol. The van der Waals surface area contributed by atoms with Gasteiger partial charge in [0.15, 0.2) is 11.5 Å². The number of nitrogens with two attached hydrogens (primary N) is 1. The molecule has 0 radical (unpaired) electrons. The summed E-state index contributed by atoms with van der Waals surface area (Å²) in [5, 5.41) is 11.4. The van der Waals surface area contributed by atoms with Gasteiger partial charge in [0, 0.05) is 10.0 Å². The average Bonchev–Trinajstić information content (AvgIpc) is 2.49. The molecule has 0 bridgehead atoms. The number of quaternary nitrogens is 1. The van der Waals surface area contributed by atoms with Crippen LogP contribution in [-0.2, 0) is 6.54 Å². The van der Waals surface area contributed by atoms with Crippen LogP contribution in [0.25, 0.3) is 0 Å². The van der Waals surface area contributed by atoms with E-state index in [9.17, 15) is 5.11 Å². The summed E-state index contributed by atoms with van der Waals surface area (Å²) >= 11 is 3.55. The number of rotatable bonds is 9. The summed E-state index contributed by atoms with van der Waals surface area (Å²) in [4.78, 5) is 0. The highest BCUT2D eigenvalue weighted by Crippen LogP contribution is 2.33. The van der Waals surface area contributed by atoms with Crippen LogP contribution in [0.5, 0.6) is 11.5 Å². The number of halogens is 1. The summed E-state index contributed by atoms with van der Waals surface area (Å²) in [7, 11) is 0. The molecule has 0 unspecified atom stereocenters. The molecule has 0 amide bonds. The molecule has 0 aliphatic carbocycles. The zero-order valence-electron chi connectivity index (χ0n) is 12.6. The summed E-state index contributed by atoms with van der Waals surface area (Å²) in [6.45, 7) is 5.70. The Morgan fingerprint density at radius 3 is 2.62 bits per heavy atom. The molecule has 1 rings (SSSR count). The van der Waals surface area contributed by atoms with Crippen molar-refractivity contribution in [1.29, 1.82) is 0 Å². The standard InChI is InChI=1S/C16H22BrNO3/c1-4-7-21-16-9-14(17)12(8-15(16)20-6-3)10-18-13(5-2)11-19/h1,8-9,13,18-19H,5-7,10-11H2,2-3H3/p+1/t13-/m0/s1.